The second-order valence-corrected chi connectivity index (χ2v) is 3.54. The van der Waals surface area contributed by atoms with Crippen molar-refractivity contribution in [2.75, 3.05) is 19.7 Å². The van der Waals surface area contributed by atoms with Crippen LogP contribution in [-0.4, -0.2) is 35.7 Å². The van der Waals surface area contributed by atoms with Gasteiger partial charge in [-0.1, -0.05) is 0 Å². The summed E-state index contributed by atoms with van der Waals surface area (Å²) in [6.07, 6.45) is 1.54. The molecule has 0 aromatic carbocycles. The van der Waals surface area contributed by atoms with Gasteiger partial charge in [0.05, 0.1) is 24.7 Å². The Labute approximate surface area is 94.2 Å². The Bertz CT molecular complexity index is 391. The first-order valence-corrected chi connectivity index (χ1v) is 4.93. The van der Waals surface area contributed by atoms with E-state index < -0.39 is 0 Å². The summed E-state index contributed by atoms with van der Waals surface area (Å²) in [5, 5.41) is 18.5. The number of nitrogens with zero attached hydrogens (tertiary/aromatic N) is 2. The van der Waals surface area contributed by atoms with E-state index in [0.29, 0.717) is 18.7 Å². The van der Waals surface area contributed by atoms with Crippen LogP contribution >= 0.6 is 0 Å². The van der Waals surface area contributed by atoms with Crippen molar-refractivity contribution in [3.05, 3.63) is 23.1 Å². The van der Waals surface area contributed by atoms with Gasteiger partial charge in [-0.05, 0) is 12.5 Å². The zero-order valence-electron chi connectivity index (χ0n) is 9.36. The summed E-state index contributed by atoms with van der Waals surface area (Å²) in [4.78, 5) is 12.2. The molecule has 0 saturated heterocycles. The highest BCUT2D eigenvalue weighted by Gasteiger charge is 2.17. The Balaban J connectivity index is 2.57. The number of aliphatic hydroxyl groups excluding tert-OH is 1. The summed E-state index contributed by atoms with van der Waals surface area (Å²) in [6, 6.07) is 2.08. The average Bonchev–Trinajstić information content (AvgIpc) is 2.20. The molecule has 0 fully saturated rings. The summed E-state index contributed by atoms with van der Waals surface area (Å²) in [5.41, 5.74) is 1.38. The van der Waals surface area contributed by atoms with Crippen LogP contribution < -0.4 is 0 Å². The van der Waals surface area contributed by atoms with Crippen LogP contribution in [0.25, 0.3) is 0 Å². The van der Waals surface area contributed by atoms with E-state index in [-0.39, 0.29) is 18.5 Å². The number of nitriles is 1. The van der Waals surface area contributed by atoms with Crippen LogP contribution in [0.1, 0.15) is 13.8 Å². The zero-order chi connectivity index (χ0) is 12.1. The van der Waals surface area contributed by atoms with Crippen LogP contribution in [0, 0.1) is 11.3 Å². The molecule has 0 aliphatic carbocycles. The maximum atomic E-state index is 10.6. The highest BCUT2D eigenvalue weighted by atomic mass is 16.5. The smallest absolute Gasteiger partial charge is 0.302 e. The number of ether oxygens (including phenoxy) is 1. The van der Waals surface area contributed by atoms with Crippen molar-refractivity contribution in [3.63, 3.8) is 0 Å². The van der Waals surface area contributed by atoms with Crippen LogP contribution in [0.2, 0.25) is 0 Å². The molecule has 0 bridgehead atoms. The van der Waals surface area contributed by atoms with Gasteiger partial charge in [0.2, 0.25) is 0 Å². The monoisotopic (exact) mass is 222 g/mol. The fraction of sp³-hybridized carbons (Fsp3) is 0.455. The lowest BCUT2D eigenvalue weighted by molar-refractivity contribution is -0.141. The van der Waals surface area contributed by atoms with E-state index in [1.54, 1.807) is 11.8 Å². The fourth-order valence-electron chi connectivity index (χ4n) is 1.39. The highest BCUT2D eigenvalue weighted by molar-refractivity contribution is 5.65. The van der Waals surface area contributed by atoms with E-state index in [0.717, 1.165) is 5.57 Å². The molecule has 5 heteroatoms. The quantitative estimate of drug-likeness (QED) is 0.724. The van der Waals surface area contributed by atoms with Gasteiger partial charge < -0.3 is 14.7 Å². The molecule has 0 atom stereocenters. The number of hydrogen-bond acceptors (Lipinski definition) is 5. The third-order valence-electron chi connectivity index (χ3n) is 2.30. The van der Waals surface area contributed by atoms with Gasteiger partial charge in [0, 0.05) is 13.0 Å². The molecule has 1 aliphatic heterocycles. The number of allylic oxidation sites excluding steroid dienone is 2. The van der Waals surface area contributed by atoms with E-state index in [1.165, 1.54) is 13.0 Å². The number of carbonyl (C=O) groups excluding carboxylic acids is 1. The number of hydrogen-bond donors (Lipinski definition) is 1. The zero-order valence-corrected chi connectivity index (χ0v) is 9.36. The molecule has 0 unspecified atom stereocenters. The summed E-state index contributed by atoms with van der Waals surface area (Å²) in [5.74, 6) is -0.253. The summed E-state index contributed by atoms with van der Waals surface area (Å²) < 4.78 is 4.77. The normalized spacial score (nSPS) is 15.6. The van der Waals surface area contributed by atoms with Gasteiger partial charge in [-0.2, -0.15) is 5.26 Å². The lowest BCUT2D eigenvalue weighted by Gasteiger charge is -2.26. The summed E-state index contributed by atoms with van der Waals surface area (Å²) in [6.45, 7) is 4.03. The topological polar surface area (TPSA) is 73.6 Å². The van der Waals surface area contributed by atoms with E-state index in [9.17, 15) is 9.90 Å². The van der Waals surface area contributed by atoms with Crippen molar-refractivity contribution in [3.8, 4) is 6.07 Å². The van der Waals surface area contributed by atoms with E-state index in [1.807, 2.05) is 0 Å². The molecule has 1 N–H and O–H groups in total. The predicted molar refractivity (Wildman–Crippen MR) is 57.2 cm³/mol. The maximum Gasteiger partial charge on any atom is 0.302 e. The first kappa shape index (κ1) is 12.1. The van der Waals surface area contributed by atoms with Gasteiger partial charge in [-0.25, -0.2) is 0 Å². The largest absolute Gasteiger partial charge is 0.495 e. The number of esters is 1. The second-order valence-electron chi connectivity index (χ2n) is 3.54. The standard InChI is InChI=1S/C11H14N2O3/c1-8-5-11(15)13(7-10(8)6-12)3-4-16-9(2)14/h5,15H,3-4,7H2,1-2H3. The van der Waals surface area contributed by atoms with Gasteiger partial charge in [-0.15, -0.1) is 0 Å². The molecule has 1 aliphatic rings. The SMILES string of the molecule is CC(=O)OCCN1CC(C#N)=C(C)C=C1O. The number of carbonyl (C=O) groups is 1. The molecule has 5 nitrogen and oxygen atoms in total. The first-order chi connectivity index (χ1) is 7.54. The van der Waals surface area contributed by atoms with Crippen molar-refractivity contribution in [2.45, 2.75) is 13.8 Å². The Morgan fingerprint density at radius 1 is 1.75 bits per heavy atom. The fourth-order valence-corrected chi connectivity index (χ4v) is 1.39. The average molecular weight is 222 g/mol. The lowest BCUT2D eigenvalue weighted by Crippen LogP contribution is -2.31. The minimum Gasteiger partial charge on any atom is -0.495 e. The van der Waals surface area contributed by atoms with Crippen molar-refractivity contribution < 1.29 is 14.6 Å². The van der Waals surface area contributed by atoms with E-state index in [2.05, 4.69) is 6.07 Å². The molecule has 0 radical (unpaired) electrons. The van der Waals surface area contributed by atoms with Crippen LogP contribution in [0.4, 0.5) is 0 Å². The van der Waals surface area contributed by atoms with Gasteiger partial charge in [-0.3, -0.25) is 4.79 Å². The first-order valence-electron chi connectivity index (χ1n) is 4.93. The maximum absolute atomic E-state index is 10.6. The van der Waals surface area contributed by atoms with Crippen LogP contribution in [0.15, 0.2) is 23.1 Å². The van der Waals surface area contributed by atoms with Crippen molar-refractivity contribution in [1.29, 1.82) is 5.26 Å². The Morgan fingerprint density at radius 3 is 3.00 bits per heavy atom. The molecule has 0 saturated carbocycles. The van der Waals surface area contributed by atoms with E-state index in [4.69, 9.17) is 10.00 Å². The third-order valence-corrected chi connectivity index (χ3v) is 2.30. The minimum absolute atomic E-state index is 0.101. The molecule has 0 aromatic heterocycles. The molecular weight excluding hydrogens is 208 g/mol. The van der Waals surface area contributed by atoms with Crippen LogP contribution in [0.5, 0.6) is 0 Å². The Kier molecular flexibility index (Phi) is 3.95. The van der Waals surface area contributed by atoms with Gasteiger partial charge in [0.25, 0.3) is 0 Å². The van der Waals surface area contributed by atoms with Gasteiger partial charge >= 0.3 is 5.97 Å². The third kappa shape index (κ3) is 3.02. The van der Waals surface area contributed by atoms with Gasteiger partial charge in [0.1, 0.15) is 6.61 Å². The molecule has 0 aromatic rings. The van der Waals surface area contributed by atoms with Crippen molar-refractivity contribution >= 4 is 5.97 Å². The lowest BCUT2D eigenvalue weighted by atomic mass is 10.1. The molecule has 0 amide bonds. The summed E-state index contributed by atoms with van der Waals surface area (Å²) in [7, 11) is 0. The molecule has 1 heterocycles. The number of rotatable bonds is 3. The van der Waals surface area contributed by atoms with Crippen molar-refractivity contribution in [1.82, 2.24) is 4.90 Å². The summed E-state index contributed by atoms with van der Waals surface area (Å²) >= 11 is 0. The predicted octanol–water partition coefficient (Wildman–Crippen LogP) is 1.10. The van der Waals surface area contributed by atoms with Crippen molar-refractivity contribution in [2.24, 2.45) is 0 Å². The minimum atomic E-state index is -0.354. The second kappa shape index (κ2) is 5.21. The highest BCUT2D eigenvalue weighted by Crippen LogP contribution is 2.17. The van der Waals surface area contributed by atoms with Crippen LogP contribution in [-0.2, 0) is 9.53 Å². The molecule has 1 rings (SSSR count). The number of aliphatic hydroxyl groups is 1. The molecule has 16 heavy (non-hydrogen) atoms. The Morgan fingerprint density at radius 2 is 2.44 bits per heavy atom. The van der Waals surface area contributed by atoms with Gasteiger partial charge in [0.15, 0.2) is 5.88 Å². The molecular formula is C11H14N2O3. The molecule has 86 valence electrons. The van der Waals surface area contributed by atoms with E-state index >= 15 is 0 Å². The Hall–Kier alpha value is -1.96. The van der Waals surface area contributed by atoms with Crippen LogP contribution in [0.3, 0.4) is 0 Å². The molecule has 0 spiro atoms.